The van der Waals surface area contributed by atoms with E-state index in [1.54, 1.807) is 12.1 Å². The molecule has 0 saturated heterocycles. The van der Waals surface area contributed by atoms with E-state index in [0.717, 1.165) is 10.9 Å². The molecular formula is C13H15BrFN. The molecule has 0 aliphatic rings. The minimum Gasteiger partial charge on any atom is -0.309 e. The number of rotatable bonds is 5. The highest BCUT2D eigenvalue weighted by Crippen LogP contribution is 2.15. The lowest BCUT2D eigenvalue weighted by atomic mass is 10.1. The standard InChI is InChI=1S/C13H15BrFN/c1-3-5-12(4-2)16-9-10-8-11(14)6-7-13(10)15/h1,6-8,12,16H,4-5,9H2,2H3. The molecular weight excluding hydrogens is 269 g/mol. The van der Waals surface area contributed by atoms with Gasteiger partial charge in [0.25, 0.3) is 0 Å². The smallest absolute Gasteiger partial charge is 0.127 e. The average Bonchev–Trinajstić information content (AvgIpc) is 2.28. The lowest BCUT2D eigenvalue weighted by Crippen LogP contribution is -2.27. The van der Waals surface area contributed by atoms with Crippen molar-refractivity contribution in [3.05, 3.63) is 34.1 Å². The first-order valence-corrected chi connectivity index (χ1v) is 6.07. The number of benzene rings is 1. The topological polar surface area (TPSA) is 12.0 Å². The molecule has 0 bridgehead atoms. The molecule has 1 unspecified atom stereocenters. The van der Waals surface area contributed by atoms with E-state index in [4.69, 9.17) is 6.42 Å². The Kier molecular flexibility index (Phi) is 5.51. The van der Waals surface area contributed by atoms with E-state index < -0.39 is 0 Å². The third-order valence-corrected chi connectivity index (χ3v) is 2.94. The summed E-state index contributed by atoms with van der Waals surface area (Å²) in [4.78, 5) is 0. The summed E-state index contributed by atoms with van der Waals surface area (Å²) in [7, 11) is 0. The van der Waals surface area contributed by atoms with Gasteiger partial charge in [0.2, 0.25) is 0 Å². The predicted molar refractivity (Wildman–Crippen MR) is 68.5 cm³/mol. The van der Waals surface area contributed by atoms with Gasteiger partial charge >= 0.3 is 0 Å². The van der Waals surface area contributed by atoms with Crippen LogP contribution in [-0.2, 0) is 6.54 Å². The van der Waals surface area contributed by atoms with Crippen molar-refractivity contribution in [3.63, 3.8) is 0 Å². The SMILES string of the molecule is C#CCC(CC)NCc1cc(Br)ccc1F. The van der Waals surface area contributed by atoms with Crippen molar-refractivity contribution in [1.29, 1.82) is 0 Å². The van der Waals surface area contributed by atoms with Gasteiger partial charge in [-0.2, -0.15) is 0 Å². The van der Waals surface area contributed by atoms with Crippen LogP contribution in [0.4, 0.5) is 4.39 Å². The van der Waals surface area contributed by atoms with Crippen LogP contribution >= 0.6 is 15.9 Å². The van der Waals surface area contributed by atoms with Crippen molar-refractivity contribution < 1.29 is 4.39 Å². The fourth-order valence-electron chi connectivity index (χ4n) is 1.44. The van der Waals surface area contributed by atoms with Crippen LogP contribution in [0.5, 0.6) is 0 Å². The van der Waals surface area contributed by atoms with Crippen molar-refractivity contribution in [2.75, 3.05) is 0 Å². The second kappa shape index (κ2) is 6.67. The van der Waals surface area contributed by atoms with Gasteiger partial charge in [0.05, 0.1) is 0 Å². The normalized spacial score (nSPS) is 12.1. The molecule has 0 radical (unpaired) electrons. The summed E-state index contributed by atoms with van der Waals surface area (Å²) in [6.07, 6.45) is 6.87. The summed E-state index contributed by atoms with van der Waals surface area (Å²) in [5.41, 5.74) is 0.657. The lowest BCUT2D eigenvalue weighted by molar-refractivity contribution is 0.494. The summed E-state index contributed by atoms with van der Waals surface area (Å²) >= 11 is 3.32. The minimum absolute atomic E-state index is 0.189. The first-order valence-electron chi connectivity index (χ1n) is 5.28. The summed E-state index contributed by atoms with van der Waals surface area (Å²) in [6, 6.07) is 5.19. The van der Waals surface area contributed by atoms with E-state index in [1.165, 1.54) is 6.07 Å². The van der Waals surface area contributed by atoms with Crippen molar-refractivity contribution in [1.82, 2.24) is 5.32 Å². The van der Waals surface area contributed by atoms with E-state index in [2.05, 4.69) is 34.1 Å². The molecule has 0 spiro atoms. The summed E-state index contributed by atoms with van der Waals surface area (Å²) in [5.74, 6) is 2.43. The third kappa shape index (κ3) is 3.96. The van der Waals surface area contributed by atoms with Crippen LogP contribution in [0.15, 0.2) is 22.7 Å². The molecule has 0 aromatic heterocycles. The fourth-order valence-corrected chi connectivity index (χ4v) is 1.84. The molecule has 3 heteroatoms. The van der Waals surface area contributed by atoms with Crippen LogP contribution in [0, 0.1) is 18.2 Å². The highest BCUT2D eigenvalue weighted by atomic mass is 79.9. The monoisotopic (exact) mass is 283 g/mol. The second-order valence-electron chi connectivity index (χ2n) is 3.63. The molecule has 0 saturated carbocycles. The number of nitrogens with one attached hydrogen (secondary N) is 1. The molecule has 0 fully saturated rings. The molecule has 1 N–H and O–H groups in total. The Morgan fingerprint density at radius 2 is 2.31 bits per heavy atom. The van der Waals surface area contributed by atoms with Gasteiger partial charge in [0, 0.05) is 29.0 Å². The third-order valence-electron chi connectivity index (χ3n) is 2.45. The van der Waals surface area contributed by atoms with Gasteiger partial charge in [-0.25, -0.2) is 4.39 Å². The van der Waals surface area contributed by atoms with E-state index in [-0.39, 0.29) is 11.9 Å². The molecule has 1 nitrogen and oxygen atoms in total. The van der Waals surface area contributed by atoms with Crippen molar-refractivity contribution >= 4 is 15.9 Å². The fraction of sp³-hybridized carbons (Fsp3) is 0.385. The van der Waals surface area contributed by atoms with Crippen LogP contribution in [-0.4, -0.2) is 6.04 Å². The van der Waals surface area contributed by atoms with E-state index in [9.17, 15) is 4.39 Å². The molecule has 1 aromatic carbocycles. The van der Waals surface area contributed by atoms with Gasteiger partial charge in [-0.1, -0.05) is 22.9 Å². The Labute approximate surface area is 105 Å². The first-order chi connectivity index (χ1) is 7.67. The van der Waals surface area contributed by atoms with Gasteiger partial charge in [-0.05, 0) is 24.6 Å². The maximum absolute atomic E-state index is 13.4. The van der Waals surface area contributed by atoms with E-state index >= 15 is 0 Å². The van der Waals surface area contributed by atoms with Crippen molar-refractivity contribution in [3.8, 4) is 12.3 Å². The van der Waals surface area contributed by atoms with Gasteiger partial charge in [0.1, 0.15) is 5.82 Å². The number of hydrogen-bond acceptors (Lipinski definition) is 1. The Balaban J connectivity index is 2.60. The Hall–Kier alpha value is -0.850. The first kappa shape index (κ1) is 13.2. The minimum atomic E-state index is -0.189. The molecule has 1 atom stereocenters. The number of hydrogen-bond donors (Lipinski definition) is 1. The van der Waals surface area contributed by atoms with Crippen LogP contribution < -0.4 is 5.32 Å². The highest BCUT2D eigenvalue weighted by molar-refractivity contribution is 9.10. The molecule has 86 valence electrons. The number of halogens is 2. The van der Waals surface area contributed by atoms with Crippen molar-refractivity contribution in [2.45, 2.75) is 32.4 Å². The van der Waals surface area contributed by atoms with Crippen molar-refractivity contribution in [2.24, 2.45) is 0 Å². The molecule has 1 rings (SSSR count). The maximum Gasteiger partial charge on any atom is 0.127 e. The number of terminal acetylenes is 1. The molecule has 0 aliphatic heterocycles. The van der Waals surface area contributed by atoms with Gasteiger partial charge in [0.15, 0.2) is 0 Å². The molecule has 16 heavy (non-hydrogen) atoms. The van der Waals surface area contributed by atoms with E-state index in [0.29, 0.717) is 18.5 Å². The zero-order chi connectivity index (χ0) is 12.0. The molecule has 0 aliphatic carbocycles. The quantitative estimate of drug-likeness (QED) is 0.816. The Bertz CT molecular complexity index is 384. The lowest BCUT2D eigenvalue weighted by Gasteiger charge is -2.14. The van der Waals surface area contributed by atoms with E-state index in [1.807, 2.05) is 0 Å². The Morgan fingerprint density at radius 1 is 1.56 bits per heavy atom. The van der Waals surface area contributed by atoms with Gasteiger partial charge in [-0.15, -0.1) is 12.3 Å². The van der Waals surface area contributed by atoms with Gasteiger partial charge in [-0.3, -0.25) is 0 Å². The van der Waals surface area contributed by atoms with Gasteiger partial charge < -0.3 is 5.32 Å². The summed E-state index contributed by atoms with van der Waals surface area (Å²) < 4.78 is 14.3. The zero-order valence-electron chi connectivity index (χ0n) is 9.26. The predicted octanol–water partition coefficient (Wildman–Crippen LogP) is 3.48. The van der Waals surface area contributed by atoms with Crippen LogP contribution in [0.2, 0.25) is 0 Å². The maximum atomic E-state index is 13.4. The second-order valence-corrected chi connectivity index (χ2v) is 4.55. The summed E-state index contributed by atoms with van der Waals surface area (Å²) in [5, 5.41) is 3.25. The molecule has 0 amide bonds. The van der Waals surface area contributed by atoms with Crippen LogP contribution in [0.1, 0.15) is 25.3 Å². The van der Waals surface area contributed by atoms with Crippen LogP contribution in [0.25, 0.3) is 0 Å². The molecule has 0 heterocycles. The van der Waals surface area contributed by atoms with Crippen LogP contribution in [0.3, 0.4) is 0 Å². The highest BCUT2D eigenvalue weighted by Gasteiger charge is 2.06. The largest absolute Gasteiger partial charge is 0.309 e. The zero-order valence-corrected chi connectivity index (χ0v) is 10.8. The molecule has 1 aromatic rings. The Morgan fingerprint density at radius 3 is 2.94 bits per heavy atom. The summed E-state index contributed by atoms with van der Waals surface area (Å²) in [6.45, 7) is 2.57. The average molecular weight is 284 g/mol.